The van der Waals surface area contributed by atoms with Crippen molar-refractivity contribution >= 4 is 17.8 Å². The molecule has 1 aliphatic heterocycles. The first-order chi connectivity index (χ1) is 16.9. The summed E-state index contributed by atoms with van der Waals surface area (Å²) in [6.45, 7) is 2.87. The van der Waals surface area contributed by atoms with E-state index < -0.39 is 5.97 Å². The average Bonchev–Trinajstić information content (AvgIpc) is 3.39. The summed E-state index contributed by atoms with van der Waals surface area (Å²) in [6.07, 6.45) is 1.24. The van der Waals surface area contributed by atoms with Gasteiger partial charge in [0.2, 0.25) is 5.91 Å². The molecule has 9 nitrogen and oxygen atoms in total. The van der Waals surface area contributed by atoms with Gasteiger partial charge in [-0.2, -0.15) is 5.10 Å². The third-order valence-electron chi connectivity index (χ3n) is 5.99. The van der Waals surface area contributed by atoms with Crippen LogP contribution in [0.4, 0.5) is 0 Å². The molecule has 0 spiro atoms. The van der Waals surface area contributed by atoms with Crippen molar-refractivity contribution in [1.29, 1.82) is 0 Å². The number of esters is 1. The Morgan fingerprint density at radius 2 is 1.83 bits per heavy atom. The maximum atomic E-state index is 12.6. The van der Waals surface area contributed by atoms with E-state index >= 15 is 0 Å². The van der Waals surface area contributed by atoms with Gasteiger partial charge in [-0.3, -0.25) is 14.7 Å². The van der Waals surface area contributed by atoms with Crippen LogP contribution >= 0.6 is 0 Å². The van der Waals surface area contributed by atoms with Crippen molar-refractivity contribution in [3.8, 4) is 17.0 Å². The maximum Gasteiger partial charge on any atom is 0.337 e. The van der Waals surface area contributed by atoms with Gasteiger partial charge in [0.1, 0.15) is 17.5 Å². The number of carbonyl (C=O) groups excluding carboxylic acids is 3. The van der Waals surface area contributed by atoms with Crippen LogP contribution in [-0.2, 0) is 9.53 Å². The van der Waals surface area contributed by atoms with Gasteiger partial charge in [0.25, 0.3) is 5.91 Å². The van der Waals surface area contributed by atoms with Crippen LogP contribution in [0, 0.1) is 6.92 Å². The van der Waals surface area contributed by atoms with E-state index in [1.54, 1.807) is 23.1 Å². The minimum Gasteiger partial charge on any atom is -0.490 e. The fourth-order valence-electron chi connectivity index (χ4n) is 3.93. The minimum absolute atomic E-state index is 0.0679. The van der Waals surface area contributed by atoms with Crippen LogP contribution in [0.2, 0.25) is 0 Å². The van der Waals surface area contributed by atoms with Crippen LogP contribution in [0.1, 0.15) is 39.3 Å². The highest BCUT2D eigenvalue weighted by atomic mass is 16.5. The Kier molecular flexibility index (Phi) is 7.45. The third-order valence-corrected chi connectivity index (χ3v) is 5.99. The van der Waals surface area contributed by atoms with Gasteiger partial charge in [-0.15, -0.1) is 0 Å². The van der Waals surface area contributed by atoms with Crippen LogP contribution in [0.25, 0.3) is 11.3 Å². The highest BCUT2D eigenvalue weighted by Crippen LogP contribution is 2.24. The Labute approximate surface area is 203 Å². The molecule has 182 valence electrons. The van der Waals surface area contributed by atoms with E-state index in [4.69, 9.17) is 9.47 Å². The van der Waals surface area contributed by atoms with Gasteiger partial charge in [-0.05, 0) is 30.7 Å². The number of amides is 2. The number of aromatic nitrogens is 2. The molecular formula is C26H28N4O5. The number of aromatic amines is 1. The topological polar surface area (TPSA) is 114 Å². The molecule has 2 N–H and O–H groups in total. The SMILES string of the molecule is COC(=O)c1ccc(C)c(OC2CCN(C(=O)CNC(=O)c3cc(-c4ccccc4)n[nH]3)CC2)c1. The molecule has 3 aromatic rings. The number of nitrogens with one attached hydrogen (secondary N) is 2. The quantitative estimate of drug-likeness (QED) is 0.507. The largest absolute Gasteiger partial charge is 0.490 e. The minimum atomic E-state index is -0.413. The molecule has 1 saturated heterocycles. The van der Waals surface area contributed by atoms with Crippen LogP contribution < -0.4 is 10.1 Å². The molecule has 1 aromatic heterocycles. The Hall–Kier alpha value is -4.14. The van der Waals surface area contributed by atoms with Gasteiger partial charge >= 0.3 is 5.97 Å². The van der Waals surface area contributed by atoms with Crippen molar-refractivity contribution in [2.24, 2.45) is 0 Å². The molecule has 2 amide bonds. The van der Waals surface area contributed by atoms with Crippen LogP contribution in [0.3, 0.4) is 0 Å². The molecular weight excluding hydrogens is 448 g/mol. The number of hydrogen-bond donors (Lipinski definition) is 2. The van der Waals surface area contributed by atoms with Gasteiger partial charge in [-0.25, -0.2) is 4.79 Å². The summed E-state index contributed by atoms with van der Waals surface area (Å²) >= 11 is 0. The fraction of sp³-hybridized carbons (Fsp3) is 0.308. The number of nitrogens with zero attached hydrogens (tertiary/aromatic N) is 2. The van der Waals surface area contributed by atoms with Gasteiger partial charge in [0.05, 0.1) is 24.9 Å². The molecule has 0 unspecified atom stereocenters. The van der Waals surface area contributed by atoms with E-state index in [2.05, 4.69) is 15.5 Å². The second kappa shape index (κ2) is 10.9. The van der Waals surface area contributed by atoms with E-state index in [0.717, 1.165) is 11.1 Å². The second-order valence-corrected chi connectivity index (χ2v) is 8.39. The summed E-state index contributed by atoms with van der Waals surface area (Å²) in [4.78, 5) is 38.6. The van der Waals surface area contributed by atoms with Crippen LogP contribution in [0.15, 0.2) is 54.6 Å². The van der Waals surface area contributed by atoms with E-state index in [-0.39, 0.29) is 24.5 Å². The summed E-state index contributed by atoms with van der Waals surface area (Å²) in [5.41, 5.74) is 3.22. The molecule has 0 saturated carbocycles. The molecule has 0 radical (unpaired) electrons. The lowest BCUT2D eigenvalue weighted by Crippen LogP contribution is -2.46. The Morgan fingerprint density at radius 1 is 1.09 bits per heavy atom. The number of methoxy groups -OCH3 is 1. The first-order valence-corrected chi connectivity index (χ1v) is 11.5. The number of aryl methyl sites for hydroxylation is 1. The predicted octanol–water partition coefficient (Wildman–Crippen LogP) is 2.97. The number of carbonyl (C=O) groups is 3. The monoisotopic (exact) mass is 476 g/mol. The van der Waals surface area contributed by atoms with E-state index in [9.17, 15) is 14.4 Å². The zero-order chi connectivity index (χ0) is 24.8. The lowest BCUT2D eigenvalue weighted by molar-refractivity contribution is -0.131. The van der Waals surface area contributed by atoms with Crippen LogP contribution in [-0.4, -0.2) is 65.7 Å². The lowest BCUT2D eigenvalue weighted by Gasteiger charge is -2.32. The summed E-state index contributed by atoms with van der Waals surface area (Å²) in [7, 11) is 1.34. The number of hydrogen-bond acceptors (Lipinski definition) is 6. The zero-order valence-corrected chi connectivity index (χ0v) is 19.7. The van der Waals surface area contributed by atoms with Gasteiger partial charge in [0.15, 0.2) is 0 Å². The first-order valence-electron chi connectivity index (χ1n) is 11.5. The smallest absolute Gasteiger partial charge is 0.337 e. The molecule has 2 aromatic carbocycles. The number of piperidine rings is 1. The maximum absolute atomic E-state index is 12.6. The first kappa shape index (κ1) is 24.0. The number of likely N-dealkylation sites (tertiary alicyclic amines) is 1. The number of H-pyrrole nitrogens is 1. The standard InChI is InChI=1S/C26H28N4O5/c1-17-8-9-19(26(33)34-2)14-23(17)35-20-10-12-30(13-11-20)24(31)16-27-25(32)22-15-21(28-29-22)18-6-4-3-5-7-18/h3-9,14-15,20H,10-13,16H2,1-2H3,(H,27,32)(H,28,29). The van der Waals surface area contributed by atoms with Crippen molar-refractivity contribution in [2.75, 3.05) is 26.7 Å². The molecule has 0 atom stereocenters. The number of rotatable bonds is 7. The highest BCUT2D eigenvalue weighted by Gasteiger charge is 2.25. The van der Waals surface area contributed by atoms with Gasteiger partial charge < -0.3 is 19.7 Å². The van der Waals surface area contributed by atoms with Crippen molar-refractivity contribution in [2.45, 2.75) is 25.9 Å². The molecule has 4 rings (SSSR count). The Balaban J connectivity index is 1.25. The highest BCUT2D eigenvalue weighted by molar-refractivity contribution is 5.95. The van der Waals surface area contributed by atoms with Crippen molar-refractivity contribution in [1.82, 2.24) is 20.4 Å². The molecule has 1 aliphatic rings. The van der Waals surface area contributed by atoms with E-state index in [1.165, 1.54) is 7.11 Å². The molecule has 1 fully saturated rings. The van der Waals surface area contributed by atoms with Crippen molar-refractivity contribution < 1.29 is 23.9 Å². The molecule has 0 bridgehead atoms. The zero-order valence-electron chi connectivity index (χ0n) is 19.7. The molecule has 2 heterocycles. The van der Waals surface area contributed by atoms with Crippen LogP contribution in [0.5, 0.6) is 5.75 Å². The van der Waals surface area contributed by atoms with Crippen molar-refractivity contribution in [3.63, 3.8) is 0 Å². The fourth-order valence-corrected chi connectivity index (χ4v) is 3.93. The molecule has 0 aliphatic carbocycles. The number of ether oxygens (including phenoxy) is 2. The van der Waals surface area contributed by atoms with Crippen molar-refractivity contribution in [3.05, 3.63) is 71.4 Å². The molecule has 35 heavy (non-hydrogen) atoms. The summed E-state index contributed by atoms with van der Waals surface area (Å²) < 4.78 is 10.9. The average molecular weight is 477 g/mol. The number of benzene rings is 2. The van der Waals surface area contributed by atoms with E-state index in [0.29, 0.717) is 48.6 Å². The summed E-state index contributed by atoms with van der Waals surface area (Å²) in [5, 5.41) is 9.56. The Morgan fingerprint density at radius 3 is 2.54 bits per heavy atom. The summed E-state index contributed by atoms with van der Waals surface area (Å²) in [6, 6.07) is 16.4. The van der Waals surface area contributed by atoms with E-state index in [1.807, 2.05) is 43.3 Å². The molecule has 9 heteroatoms. The van der Waals surface area contributed by atoms with Gasteiger partial charge in [-0.1, -0.05) is 36.4 Å². The summed E-state index contributed by atoms with van der Waals surface area (Å²) in [5.74, 6) is -0.307. The predicted molar refractivity (Wildman–Crippen MR) is 129 cm³/mol. The normalized spacial score (nSPS) is 13.8. The third kappa shape index (κ3) is 5.87. The van der Waals surface area contributed by atoms with Gasteiger partial charge in [0, 0.05) is 31.5 Å². The lowest BCUT2D eigenvalue weighted by atomic mass is 10.1. The second-order valence-electron chi connectivity index (χ2n) is 8.39. The Bertz CT molecular complexity index is 1200.